The van der Waals surface area contributed by atoms with Gasteiger partial charge in [0.2, 0.25) is 0 Å². The summed E-state index contributed by atoms with van der Waals surface area (Å²) >= 11 is 0. The highest BCUT2D eigenvalue weighted by Crippen LogP contribution is 2.01. The number of carbonyl (C=O) groups is 1. The van der Waals surface area contributed by atoms with E-state index >= 15 is 0 Å². The van der Waals surface area contributed by atoms with Crippen LogP contribution in [0.1, 0.15) is 46.5 Å². The molecule has 0 aromatic carbocycles. The zero-order valence-corrected chi connectivity index (χ0v) is 11.9. The number of nitrogens with two attached hydrogens (primary N) is 2. The predicted molar refractivity (Wildman–Crippen MR) is 74.1 cm³/mol. The maximum Gasteiger partial charge on any atom is 0.309 e. The SMILES string of the molecule is CC=CC(OCCCC)OCCCC.NC(N)=O. The third kappa shape index (κ3) is 20.4. The van der Waals surface area contributed by atoms with Crippen LogP contribution in [0.4, 0.5) is 4.79 Å². The number of amides is 2. The van der Waals surface area contributed by atoms with E-state index < -0.39 is 6.03 Å². The van der Waals surface area contributed by atoms with E-state index in [1.165, 1.54) is 0 Å². The van der Waals surface area contributed by atoms with Crippen LogP contribution in [0.3, 0.4) is 0 Å². The first-order valence-corrected chi connectivity index (χ1v) is 6.49. The van der Waals surface area contributed by atoms with E-state index in [0.29, 0.717) is 0 Å². The van der Waals surface area contributed by atoms with Gasteiger partial charge < -0.3 is 20.9 Å². The molecular formula is C13H28N2O3. The van der Waals surface area contributed by atoms with Gasteiger partial charge in [-0.1, -0.05) is 32.8 Å². The molecule has 5 nitrogen and oxygen atoms in total. The van der Waals surface area contributed by atoms with Crippen molar-refractivity contribution in [1.82, 2.24) is 0 Å². The lowest BCUT2D eigenvalue weighted by molar-refractivity contribution is -0.112. The minimum Gasteiger partial charge on any atom is -0.352 e. The number of ether oxygens (including phenoxy) is 2. The van der Waals surface area contributed by atoms with E-state index in [4.69, 9.17) is 14.3 Å². The number of carbonyl (C=O) groups excluding carboxylic acids is 1. The van der Waals surface area contributed by atoms with Gasteiger partial charge in [0.15, 0.2) is 6.29 Å². The Morgan fingerprint density at radius 1 is 1.11 bits per heavy atom. The zero-order chi connectivity index (χ0) is 14.2. The Kier molecular flexibility index (Phi) is 17.1. The van der Waals surface area contributed by atoms with Gasteiger partial charge in [0.05, 0.1) is 13.2 Å². The molecule has 0 spiro atoms. The molecule has 0 atom stereocenters. The van der Waals surface area contributed by atoms with Crippen molar-refractivity contribution in [2.75, 3.05) is 13.2 Å². The molecule has 0 bridgehead atoms. The van der Waals surface area contributed by atoms with Gasteiger partial charge >= 0.3 is 6.03 Å². The summed E-state index contributed by atoms with van der Waals surface area (Å²) in [6.07, 6.45) is 8.33. The minimum atomic E-state index is -0.833. The molecule has 108 valence electrons. The fourth-order valence-electron chi connectivity index (χ4n) is 1.00. The molecule has 0 aliphatic carbocycles. The molecule has 0 aliphatic heterocycles. The Balaban J connectivity index is 0. The summed E-state index contributed by atoms with van der Waals surface area (Å²) in [4.78, 5) is 9.00. The Labute approximate surface area is 111 Å². The second kappa shape index (κ2) is 15.9. The first-order chi connectivity index (χ1) is 8.58. The molecule has 0 aliphatic rings. The monoisotopic (exact) mass is 260 g/mol. The molecule has 0 saturated carbocycles. The van der Waals surface area contributed by atoms with E-state index in [1.807, 2.05) is 19.1 Å². The summed E-state index contributed by atoms with van der Waals surface area (Å²) in [5, 5.41) is 0. The van der Waals surface area contributed by atoms with Crippen LogP contribution in [0, 0.1) is 0 Å². The third-order valence-electron chi connectivity index (χ3n) is 1.91. The molecule has 0 heterocycles. The summed E-state index contributed by atoms with van der Waals surface area (Å²) in [7, 11) is 0. The van der Waals surface area contributed by atoms with Crippen molar-refractivity contribution in [2.45, 2.75) is 52.7 Å². The van der Waals surface area contributed by atoms with Gasteiger partial charge in [0.1, 0.15) is 0 Å². The fourth-order valence-corrected chi connectivity index (χ4v) is 1.00. The average molecular weight is 260 g/mol. The van der Waals surface area contributed by atoms with E-state index in [0.717, 1.165) is 38.9 Å². The summed E-state index contributed by atoms with van der Waals surface area (Å²) in [6, 6.07) is -0.833. The van der Waals surface area contributed by atoms with Gasteiger partial charge in [-0.2, -0.15) is 0 Å². The summed E-state index contributed by atoms with van der Waals surface area (Å²) in [5.74, 6) is 0. The molecular weight excluding hydrogens is 232 g/mol. The van der Waals surface area contributed by atoms with Crippen molar-refractivity contribution in [3.63, 3.8) is 0 Å². The number of unbranched alkanes of at least 4 members (excludes halogenated alkanes) is 2. The Bertz CT molecular complexity index is 194. The lowest BCUT2D eigenvalue weighted by Crippen LogP contribution is -2.18. The fraction of sp³-hybridized carbons (Fsp3) is 0.769. The molecule has 2 amide bonds. The number of allylic oxidation sites excluding steroid dienone is 1. The normalized spacial score (nSPS) is 10.4. The van der Waals surface area contributed by atoms with Gasteiger partial charge in [-0.05, 0) is 25.8 Å². The van der Waals surface area contributed by atoms with Gasteiger partial charge in [-0.3, -0.25) is 0 Å². The maximum atomic E-state index is 9.00. The molecule has 0 rings (SSSR count). The lowest BCUT2D eigenvalue weighted by Gasteiger charge is -2.14. The quantitative estimate of drug-likeness (QED) is 0.379. The minimum absolute atomic E-state index is 0.141. The van der Waals surface area contributed by atoms with Crippen LogP contribution in [-0.4, -0.2) is 25.5 Å². The van der Waals surface area contributed by atoms with Crippen LogP contribution in [-0.2, 0) is 9.47 Å². The number of urea groups is 1. The molecule has 0 fully saturated rings. The second-order valence-electron chi connectivity index (χ2n) is 3.75. The Morgan fingerprint density at radius 2 is 1.50 bits per heavy atom. The van der Waals surface area contributed by atoms with Gasteiger partial charge in [0.25, 0.3) is 0 Å². The van der Waals surface area contributed by atoms with E-state index in [-0.39, 0.29) is 6.29 Å². The molecule has 0 aromatic heterocycles. The van der Waals surface area contributed by atoms with Crippen LogP contribution in [0.25, 0.3) is 0 Å². The first-order valence-electron chi connectivity index (χ1n) is 6.49. The maximum absolute atomic E-state index is 9.00. The van der Waals surface area contributed by atoms with Crippen molar-refractivity contribution in [2.24, 2.45) is 11.5 Å². The third-order valence-corrected chi connectivity index (χ3v) is 1.91. The highest BCUT2D eigenvalue weighted by atomic mass is 16.7. The number of hydrogen-bond acceptors (Lipinski definition) is 3. The smallest absolute Gasteiger partial charge is 0.309 e. The lowest BCUT2D eigenvalue weighted by atomic mass is 10.3. The second-order valence-corrected chi connectivity index (χ2v) is 3.75. The van der Waals surface area contributed by atoms with Crippen molar-refractivity contribution in [3.8, 4) is 0 Å². The number of hydrogen-bond donors (Lipinski definition) is 2. The van der Waals surface area contributed by atoms with Crippen LogP contribution in [0.5, 0.6) is 0 Å². The molecule has 0 aromatic rings. The van der Waals surface area contributed by atoms with E-state index in [2.05, 4.69) is 25.3 Å². The van der Waals surface area contributed by atoms with Crippen molar-refractivity contribution >= 4 is 6.03 Å². The highest BCUT2D eigenvalue weighted by Gasteiger charge is 2.03. The van der Waals surface area contributed by atoms with Crippen LogP contribution in [0.15, 0.2) is 12.2 Å². The van der Waals surface area contributed by atoms with Crippen molar-refractivity contribution < 1.29 is 14.3 Å². The molecule has 0 unspecified atom stereocenters. The molecule has 0 radical (unpaired) electrons. The average Bonchev–Trinajstić information content (AvgIpc) is 2.29. The largest absolute Gasteiger partial charge is 0.352 e. The summed E-state index contributed by atoms with van der Waals surface area (Å²) < 4.78 is 11.1. The van der Waals surface area contributed by atoms with Gasteiger partial charge in [-0.25, -0.2) is 4.79 Å². The molecule has 18 heavy (non-hydrogen) atoms. The first kappa shape index (κ1) is 19.3. The topological polar surface area (TPSA) is 87.6 Å². The van der Waals surface area contributed by atoms with Gasteiger partial charge in [-0.15, -0.1) is 0 Å². The summed E-state index contributed by atoms with van der Waals surface area (Å²) in [5.41, 5.74) is 8.50. The zero-order valence-electron chi connectivity index (χ0n) is 11.9. The number of primary amides is 2. The molecule has 5 heteroatoms. The van der Waals surface area contributed by atoms with Crippen molar-refractivity contribution in [1.29, 1.82) is 0 Å². The predicted octanol–water partition coefficient (Wildman–Crippen LogP) is 2.55. The van der Waals surface area contributed by atoms with Crippen LogP contribution in [0.2, 0.25) is 0 Å². The van der Waals surface area contributed by atoms with Crippen molar-refractivity contribution in [3.05, 3.63) is 12.2 Å². The summed E-state index contributed by atoms with van der Waals surface area (Å²) in [6.45, 7) is 7.88. The standard InChI is InChI=1S/C12H24O2.CH4N2O/c1-4-7-10-13-12(9-6-3)14-11-8-5-2;2-1(3)4/h6,9,12H,4-5,7-8,10-11H2,1-3H3;(H4,2,3,4). The van der Waals surface area contributed by atoms with E-state index in [9.17, 15) is 0 Å². The molecule has 0 saturated heterocycles. The van der Waals surface area contributed by atoms with Crippen LogP contribution < -0.4 is 11.5 Å². The van der Waals surface area contributed by atoms with Gasteiger partial charge in [0, 0.05) is 0 Å². The highest BCUT2D eigenvalue weighted by molar-refractivity contribution is 5.69. The Hall–Kier alpha value is -1.07. The number of rotatable bonds is 9. The van der Waals surface area contributed by atoms with E-state index in [1.54, 1.807) is 0 Å². The molecule has 4 N–H and O–H groups in total. The van der Waals surface area contributed by atoms with Crippen LogP contribution >= 0.6 is 0 Å². The Morgan fingerprint density at radius 3 is 1.78 bits per heavy atom.